The van der Waals surface area contributed by atoms with Gasteiger partial charge in [-0.15, -0.1) is 0 Å². The topological polar surface area (TPSA) is 65.7 Å². The average molecular weight is 358 g/mol. The molecule has 3 aliphatic carbocycles. The van der Waals surface area contributed by atoms with Crippen molar-refractivity contribution < 1.29 is 23.5 Å². The first-order chi connectivity index (χ1) is 12.4. The van der Waals surface area contributed by atoms with Gasteiger partial charge >= 0.3 is 11.9 Å². The minimum absolute atomic E-state index is 0.0151. The molecule has 5 heteroatoms. The second-order valence-electron chi connectivity index (χ2n) is 8.98. The Morgan fingerprint density at radius 2 is 2.12 bits per heavy atom. The standard InChI is InChI=1S/C21H26O5/c1-11-12-5-6-14-20(2,18(22)24-3)8-4-9-21(14)15(12)17(26-19(21)23)16-13(11)7-10-25-16/h7,10-12,14-15,17H,4-6,8-9H2,1-3H3/t11-,12+,14+,15-,17-,20+,21-/m1/s1. The van der Waals surface area contributed by atoms with Gasteiger partial charge in [-0.05, 0) is 56.4 Å². The van der Waals surface area contributed by atoms with Crippen molar-refractivity contribution in [2.24, 2.45) is 28.6 Å². The SMILES string of the molecule is COC(=O)[C@@]1(C)CCC[C@@]23C(=O)O[C@H]4c5occc5[C@H](C)[C@H](CC[C@H]21)[C@H]43. The highest BCUT2D eigenvalue weighted by atomic mass is 16.6. The fraction of sp³-hybridized carbons (Fsp3) is 0.714. The van der Waals surface area contributed by atoms with Gasteiger partial charge < -0.3 is 13.9 Å². The van der Waals surface area contributed by atoms with E-state index in [1.165, 1.54) is 12.7 Å². The van der Waals surface area contributed by atoms with Crippen LogP contribution >= 0.6 is 0 Å². The molecule has 0 bridgehead atoms. The molecule has 0 unspecified atom stereocenters. The minimum atomic E-state index is -0.613. The van der Waals surface area contributed by atoms with Crippen LogP contribution in [0, 0.1) is 28.6 Å². The second-order valence-corrected chi connectivity index (χ2v) is 8.98. The van der Waals surface area contributed by atoms with Crippen molar-refractivity contribution in [3.8, 4) is 0 Å². The molecule has 4 aliphatic rings. The zero-order valence-corrected chi connectivity index (χ0v) is 15.6. The molecule has 1 aromatic heterocycles. The van der Waals surface area contributed by atoms with Crippen LogP contribution in [-0.4, -0.2) is 19.0 Å². The van der Waals surface area contributed by atoms with Crippen molar-refractivity contribution in [2.75, 3.05) is 7.11 Å². The van der Waals surface area contributed by atoms with E-state index in [0.717, 1.165) is 37.9 Å². The summed E-state index contributed by atoms with van der Waals surface area (Å²) in [7, 11) is 1.45. The summed E-state index contributed by atoms with van der Waals surface area (Å²) < 4.78 is 16.9. The van der Waals surface area contributed by atoms with E-state index >= 15 is 0 Å². The van der Waals surface area contributed by atoms with Gasteiger partial charge in [-0.1, -0.05) is 13.3 Å². The molecule has 5 nitrogen and oxygen atoms in total. The van der Waals surface area contributed by atoms with Gasteiger partial charge in [0, 0.05) is 11.5 Å². The van der Waals surface area contributed by atoms with Crippen molar-refractivity contribution in [3.05, 3.63) is 23.7 Å². The molecule has 7 atom stereocenters. The van der Waals surface area contributed by atoms with Crippen molar-refractivity contribution >= 4 is 11.9 Å². The number of carbonyl (C=O) groups excluding carboxylic acids is 2. The Kier molecular flexibility index (Phi) is 3.24. The van der Waals surface area contributed by atoms with Crippen molar-refractivity contribution in [3.63, 3.8) is 0 Å². The van der Waals surface area contributed by atoms with Crippen LogP contribution in [-0.2, 0) is 19.1 Å². The summed E-state index contributed by atoms with van der Waals surface area (Å²) in [5.74, 6) is 1.36. The lowest BCUT2D eigenvalue weighted by molar-refractivity contribution is -0.178. The highest BCUT2D eigenvalue weighted by Gasteiger charge is 2.72. The number of hydrogen-bond acceptors (Lipinski definition) is 5. The molecule has 0 N–H and O–H groups in total. The van der Waals surface area contributed by atoms with E-state index in [4.69, 9.17) is 13.9 Å². The Bertz CT molecular complexity index is 781. The summed E-state index contributed by atoms with van der Waals surface area (Å²) in [4.78, 5) is 26.0. The summed E-state index contributed by atoms with van der Waals surface area (Å²) in [6.07, 6.45) is 5.76. The fourth-order valence-electron chi connectivity index (χ4n) is 7.16. The largest absolute Gasteiger partial charge is 0.469 e. The predicted molar refractivity (Wildman–Crippen MR) is 92.1 cm³/mol. The van der Waals surface area contributed by atoms with Gasteiger partial charge in [0.05, 0.1) is 24.2 Å². The number of rotatable bonds is 1. The second kappa shape index (κ2) is 5.14. The molecule has 3 fully saturated rings. The number of ether oxygens (including phenoxy) is 2. The molecule has 140 valence electrons. The zero-order chi connectivity index (χ0) is 18.3. The lowest BCUT2D eigenvalue weighted by Gasteiger charge is -2.57. The van der Waals surface area contributed by atoms with Gasteiger partial charge in [0.25, 0.3) is 0 Å². The Hall–Kier alpha value is -1.78. The highest BCUT2D eigenvalue weighted by molar-refractivity contribution is 5.84. The summed E-state index contributed by atoms with van der Waals surface area (Å²) >= 11 is 0. The van der Waals surface area contributed by atoms with Crippen LogP contribution in [0.3, 0.4) is 0 Å². The van der Waals surface area contributed by atoms with E-state index in [-0.39, 0.29) is 29.9 Å². The van der Waals surface area contributed by atoms with Crippen LogP contribution < -0.4 is 0 Å². The first-order valence-corrected chi connectivity index (χ1v) is 9.82. The van der Waals surface area contributed by atoms with Gasteiger partial charge in [0.2, 0.25) is 0 Å². The molecule has 1 saturated heterocycles. The number of carbonyl (C=O) groups is 2. The van der Waals surface area contributed by atoms with Crippen LogP contribution in [0.15, 0.2) is 16.7 Å². The number of fused-ring (bicyclic) bond motifs is 2. The lowest BCUT2D eigenvalue weighted by Crippen LogP contribution is -2.58. The van der Waals surface area contributed by atoms with E-state index in [1.807, 2.05) is 13.0 Å². The molecule has 1 aliphatic heterocycles. The number of methoxy groups -OCH3 is 1. The molecule has 0 radical (unpaired) electrons. The summed E-state index contributed by atoms with van der Waals surface area (Å²) in [5.41, 5.74) is -0.00223. The molecule has 5 rings (SSSR count). The molecule has 0 amide bonds. The van der Waals surface area contributed by atoms with Crippen LogP contribution in [0.5, 0.6) is 0 Å². The van der Waals surface area contributed by atoms with Crippen molar-refractivity contribution in [1.29, 1.82) is 0 Å². The van der Waals surface area contributed by atoms with Crippen LogP contribution in [0.2, 0.25) is 0 Å². The van der Waals surface area contributed by atoms with Gasteiger partial charge in [0.15, 0.2) is 6.10 Å². The Labute approximate surface area is 153 Å². The van der Waals surface area contributed by atoms with Gasteiger partial charge in [-0.3, -0.25) is 9.59 Å². The molecule has 26 heavy (non-hydrogen) atoms. The lowest BCUT2D eigenvalue weighted by atomic mass is 9.43. The zero-order valence-electron chi connectivity index (χ0n) is 15.6. The van der Waals surface area contributed by atoms with E-state index < -0.39 is 10.8 Å². The van der Waals surface area contributed by atoms with E-state index in [0.29, 0.717) is 11.8 Å². The first-order valence-electron chi connectivity index (χ1n) is 9.82. The maximum atomic E-state index is 13.3. The first kappa shape index (κ1) is 16.4. The summed E-state index contributed by atoms with van der Waals surface area (Å²) in [5, 5.41) is 0. The Morgan fingerprint density at radius 1 is 1.31 bits per heavy atom. The van der Waals surface area contributed by atoms with Gasteiger partial charge in [-0.25, -0.2) is 0 Å². The number of furan rings is 1. The third kappa shape index (κ3) is 1.68. The average Bonchev–Trinajstić information content (AvgIpc) is 3.23. The Morgan fingerprint density at radius 3 is 2.88 bits per heavy atom. The molecule has 0 aromatic carbocycles. The van der Waals surface area contributed by atoms with Crippen LogP contribution in [0.1, 0.15) is 69.3 Å². The highest BCUT2D eigenvalue weighted by Crippen LogP contribution is 2.71. The van der Waals surface area contributed by atoms with E-state index in [2.05, 4.69) is 6.92 Å². The van der Waals surface area contributed by atoms with Crippen molar-refractivity contribution in [1.82, 2.24) is 0 Å². The van der Waals surface area contributed by atoms with E-state index in [9.17, 15) is 9.59 Å². The minimum Gasteiger partial charge on any atom is -0.469 e. The normalized spacial score (nSPS) is 46.0. The Balaban J connectivity index is 1.67. The third-order valence-electron chi connectivity index (χ3n) is 8.23. The van der Waals surface area contributed by atoms with Crippen molar-refractivity contribution in [2.45, 2.75) is 58.0 Å². The molecular formula is C21H26O5. The smallest absolute Gasteiger partial charge is 0.313 e. The fourth-order valence-corrected chi connectivity index (χ4v) is 7.16. The van der Waals surface area contributed by atoms with Gasteiger partial charge in [-0.2, -0.15) is 0 Å². The summed E-state index contributed by atoms with van der Waals surface area (Å²) in [6, 6.07) is 2.03. The summed E-state index contributed by atoms with van der Waals surface area (Å²) in [6.45, 7) is 4.24. The molecule has 1 spiro atoms. The van der Waals surface area contributed by atoms with Crippen LogP contribution in [0.4, 0.5) is 0 Å². The van der Waals surface area contributed by atoms with Gasteiger partial charge in [0.1, 0.15) is 5.76 Å². The maximum Gasteiger partial charge on any atom is 0.313 e. The maximum absolute atomic E-state index is 13.3. The van der Waals surface area contributed by atoms with E-state index in [1.54, 1.807) is 6.26 Å². The quantitative estimate of drug-likeness (QED) is 0.710. The predicted octanol–water partition coefficient (Wildman–Crippen LogP) is 3.99. The number of hydrogen-bond donors (Lipinski definition) is 0. The monoisotopic (exact) mass is 358 g/mol. The molecular weight excluding hydrogens is 332 g/mol. The molecule has 1 aromatic rings. The third-order valence-corrected chi connectivity index (χ3v) is 8.23. The number of esters is 2. The molecule has 2 heterocycles. The van der Waals surface area contributed by atoms with Crippen LogP contribution in [0.25, 0.3) is 0 Å². The molecule has 2 saturated carbocycles.